The van der Waals surface area contributed by atoms with Crippen LogP contribution in [0.25, 0.3) is 0 Å². The highest BCUT2D eigenvalue weighted by Crippen LogP contribution is 2.47. The summed E-state index contributed by atoms with van der Waals surface area (Å²) in [6, 6.07) is 23.8. The summed E-state index contributed by atoms with van der Waals surface area (Å²) in [4.78, 5) is 0. The van der Waals surface area contributed by atoms with Crippen LogP contribution in [0, 0.1) is 6.92 Å². The summed E-state index contributed by atoms with van der Waals surface area (Å²) in [5, 5.41) is 6.97. The maximum absolute atomic E-state index is 11.6. The number of nitrogens with one attached hydrogen (secondary N) is 1. The Morgan fingerprint density at radius 1 is 1.03 bits per heavy atom. The Morgan fingerprint density at radius 2 is 1.81 bits per heavy atom. The molecule has 5 rings (SSSR count). The molecule has 1 N–H and O–H groups in total. The van der Waals surface area contributed by atoms with Gasteiger partial charge in [0.1, 0.15) is 5.75 Å². The van der Waals surface area contributed by atoms with E-state index < -0.39 is 10.0 Å². The van der Waals surface area contributed by atoms with E-state index in [4.69, 9.17) is 9.84 Å². The normalized spacial score (nSPS) is 19.8. The number of fused-ring (bicyclic) bond motifs is 3. The first kappa shape index (κ1) is 19.6. The molecule has 2 aliphatic rings. The number of benzene rings is 3. The zero-order valence-corrected chi connectivity index (χ0v) is 18.1. The smallest absolute Gasteiger partial charge is 0.229 e. The summed E-state index contributed by atoms with van der Waals surface area (Å²) in [5.74, 6) is 0.873. The van der Waals surface area contributed by atoms with E-state index in [9.17, 15) is 8.42 Å². The summed E-state index contributed by atoms with van der Waals surface area (Å²) in [6.45, 7) is 2.06. The molecule has 0 saturated carbocycles. The van der Waals surface area contributed by atoms with Crippen molar-refractivity contribution >= 4 is 21.4 Å². The first-order chi connectivity index (χ1) is 14.9. The second-order valence-electron chi connectivity index (χ2n) is 8.02. The number of para-hydroxylation sites is 1. The Hall–Kier alpha value is -3.32. The van der Waals surface area contributed by atoms with E-state index >= 15 is 0 Å². The number of hydrazone groups is 1. The minimum Gasteiger partial charge on any atom is -0.464 e. The van der Waals surface area contributed by atoms with Gasteiger partial charge in [-0.25, -0.2) is 13.4 Å². The van der Waals surface area contributed by atoms with Crippen LogP contribution in [0.4, 0.5) is 5.69 Å². The van der Waals surface area contributed by atoms with Gasteiger partial charge < -0.3 is 4.74 Å². The van der Waals surface area contributed by atoms with Crippen molar-refractivity contribution in [1.29, 1.82) is 0 Å². The average molecular weight is 434 g/mol. The molecule has 0 unspecified atom stereocenters. The number of hydrogen-bond donors (Lipinski definition) is 1. The Labute approximate surface area is 182 Å². The van der Waals surface area contributed by atoms with Crippen LogP contribution in [0.1, 0.15) is 40.9 Å². The first-order valence-electron chi connectivity index (χ1n) is 10.1. The van der Waals surface area contributed by atoms with Gasteiger partial charge in [0.25, 0.3) is 0 Å². The van der Waals surface area contributed by atoms with Gasteiger partial charge in [-0.3, -0.25) is 4.72 Å². The molecule has 0 saturated heterocycles. The van der Waals surface area contributed by atoms with Crippen LogP contribution in [0.15, 0.2) is 77.9 Å². The van der Waals surface area contributed by atoms with Crippen LogP contribution in [0.2, 0.25) is 0 Å². The fourth-order valence-electron chi connectivity index (χ4n) is 4.14. The van der Waals surface area contributed by atoms with Gasteiger partial charge in [0.05, 0.1) is 18.0 Å². The van der Waals surface area contributed by atoms with Crippen molar-refractivity contribution < 1.29 is 13.2 Å². The standard InChI is InChI=1S/C24H23N3O3S/c1-16-10-12-17(13-11-16)24-27-22(20-8-3-4-9-23(20)30-24)15-21(25-27)18-6-5-7-19(14-18)26-31(2,28)29/h3-14,22,24,26H,15H2,1-2H3/t22-,24-/m1/s1. The highest BCUT2D eigenvalue weighted by molar-refractivity contribution is 7.92. The molecule has 7 heteroatoms. The molecule has 31 heavy (non-hydrogen) atoms. The van der Waals surface area contributed by atoms with Crippen molar-refractivity contribution in [3.63, 3.8) is 0 Å². The molecule has 0 aliphatic carbocycles. The van der Waals surface area contributed by atoms with Gasteiger partial charge >= 0.3 is 0 Å². The minimum atomic E-state index is -3.35. The van der Waals surface area contributed by atoms with Gasteiger partial charge in [0, 0.05) is 23.2 Å². The Balaban J connectivity index is 1.54. The van der Waals surface area contributed by atoms with E-state index in [1.165, 1.54) is 5.56 Å². The molecule has 0 amide bonds. The molecule has 2 heterocycles. The van der Waals surface area contributed by atoms with Crippen molar-refractivity contribution in [2.75, 3.05) is 11.0 Å². The summed E-state index contributed by atoms with van der Waals surface area (Å²) in [7, 11) is -3.35. The number of sulfonamides is 1. The molecule has 3 aromatic carbocycles. The van der Waals surface area contributed by atoms with E-state index in [0.717, 1.165) is 34.4 Å². The van der Waals surface area contributed by atoms with Crippen molar-refractivity contribution in [2.45, 2.75) is 25.6 Å². The van der Waals surface area contributed by atoms with E-state index in [0.29, 0.717) is 12.1 Å². The van der Waals surface area contributed by atoms with E-state index in [2.05, 4.69) is 42.0 Å². The third-order valence-electron chi connectivity index (χ3n) is 5.56. The third kappa shape index (κ3) is 3.88. The topological polar surface area (TPSA) is 71.0 Å². The minimum absolute atomic E-state index is 0.0535. The lowest BCUT2D eigenvalue weighted by Gasteiger charge is -2.38. The number of aryl methyl sites for hydroxylation is 1. The summed E-state index contributed by atoms with van der Waals surface area (Å²) in [5.41, 5.74) is 5.66. The summed E-state index contributed by atoms with van der Waals surface area (Å²) < 4.78 is 32.2. The second-order valence-corrected chi connectivity index (χ2v) is 9.77. The summed E-state index contributed by atoms with van der Waals surface area (Å²) >= 11 is 0. The quantitative estimate of drug-likeness (QED) is 0.652. The Bertz CT molecular complexity index is 1270. The number of ether oxygens (including phenoxy) is 1. The van der Waals surface area contributed by atoms with Gasteiger partial charge in [-0.2, -0.15) is 5.10 Å². The predicted molar refractivity (Wildman–Crippen MR) is 122 cm³/mol. The molecule has 2 atom stereocenters. The van der Waals surface area contributed by atoms with Crippen LogP contribution in [0.3, 0.4) is 0 Å². The molecular weight excluding hydrogens is 410 g/mol. The molecule has 0 bridgehead atoms. The predicted octanol–water partition coefficient (Wildman–Crippen LogP) is 4.61. The van der Waals surface area contributed by atoms with Gasteiger partial charge in [0.2, 0.25) is 16.3 Å². The third-order valence-corrected chi connectivity index (χ3v) is 6.17. The number of nitrogens with zero attached hydrogens (tertiary/aromatic N) is 2. The molecule has 0 aromatic heterocycles. The van der Waals surface area contributed by atoms with Crippen molar-refractivity contribution in [3.05, 3.63) is 95.1 Å². The molecule has 158 valence electrons. The molecule has 0 spiro atoms. The fraction of sp³-hybridized carbons (Fsp3) is 0.208. The zero-order chi connectivity index (χ0) is 21.6. The zero-order valence-electron chi connectivity index (χ0n) is 17.3. The van der Waals surface area contributed by atoms with Crippen molar-refractivity contribution in [1.82, 2.24) is 5.01 Å². The first-order valence-corrected chi connectivity index (χ1v) is 12.0. The largest absolute Gasteiger partial charge is 0.464 e. The molecule has 6 nitrogen and oxygen atoms in total. The van der Waals surface area contributed by atoms with E-state index in [1.807, 2.05) is 41.4 Å². The van der Waals surface area contributed by atoms with Gasteiger partial charge in [-0.05, 0) is 30.7 Å². The molecule has 0 radical (unpaired) electrons. The lowest BCUT2D eigenvalue weighted by Crippen LogP contribution is -2.33. The van der Waals surface area contributed by atoms with Crippen LogP contribution >= 0.6 is 0 Å². The maximum Gasteiger partial charge on any atom is 0.229 e. The van der Waals surface area contributed by atoms with Crippen molar-refractivity contribution in [3.8, 4) is 5.75 Å². The molecule has 2 aliphatic heterocycles. The highest BCUT2D eigenvalue weighted by Gasteiger charge is 2.40. The Morgan fingerprint density at radius 3 is 2.58 bits per heavy atom. The lowest BCUT2D eigenvalue weighted by atomic mass is 9.95. The molecule has 0 fully saturated rings. The van der Waals surface area contributed by atoms with Gasteiger partial charge in [0.15, 0.2) is 0 Å². The number of hydrogen-bond acceptors (Lipinski definition) is 5. The lowest BCUT2D eigenvalue weighted by molar-refractivity contribution is -0.0190. The summed E-state index contributed by atoms with van der Waals surface area (Å²) in [6.07, 6.45) is 1.54. The number of rotatable bonds is 4. The highest BCUT2D eigenvalue weighted by atomic mass is 32.2. The van der Waals surface area contributed by atoms with Crippen LogP contribution in [-0.4, -0.2) is 25.4 Å². The van der Waals surface area contributed by atoms with Crippen molar-refractivity contribution in [2.24, 2.45) is 5.10 Å². The number of anilines is 1. The Kier molecular flexibility index (Phi) is 4.70. The second kappa shape index (κ2) is 7.42. The van der Waals surface area contributed by atoms with Crippen LogP contribution in [-0.2, 0) is 10.0 Å². The fourth-order valence-corrected chi connectivity index (χ4v) is 4.69. The van der Waals surface area contributed by atoms with E-state index in [1.54, 1.807) is 6.07 Å². The molecule has 3 aromatic rings. The SMILES string of the molecule is Cc1ccc([C@H]2Oc3ccccc3[C@H]3CC(c4cccc(NS(C)(=O)=O)c4)=NN32)cc1. The van der Waals surface area contributed by atoms with Crippen LogP contribution < -0.4 is 9.46 Å². The van der Waals surface area contributed by atoms with E-state index in [-0.39, 0.29) is 12.3 Å². The van der Waals surface area contributed by atoms with Gasteiger partial charge in [-0.1, -0.05) is 60.2 Å². The van der Waals surface area contributed by atoms with Crippen LogP contribution in [0.5, 0.6) is 5.75 Å². The monoisotopic (exact) mass is 433 g/mol. The maximum atomic E-state index is 11.6. The van der Waals surface area contributed by atoms with Gasteiger partial charge in [-0.15, -0.1) is 0 Å². The molecular formula is C24H23N3O3S. The average Bonchev–Trinajstić information content (AvgIpc) is 3.19.